The first-order valence-corrected chi connectivity index (χ1v) is 11.0. The van der Waals surface area contributed by atoms with E-state index in [0.29, 0.717) is 11.9 Å². The molecule has 0 spiro atoms. The largest absolute Gasteiger partial charge is 0.345 e. The third-order valence-electron chi connectivity index (χ3n) is 7.70. The zero-order chi connectivity index (χ0) is 19.7. The highest BCUT2D eigenvalue weighted by atomic mass is 16.1. The molecule has 2 unspecified atom stereocenters. The predicted octanol–water partition coefficient (Wildman–Crippen LogP) is 4.37. The Balaban J connectivity index is 1.62. The fourth-order valence-corrected chi connectivity index (χ4v) is 6.73. The van der Waals surface area contributed by atoms with Crippen molar-refractivity contribution >= 4 is 16.7 Å². The lowest BCUT2D eigenvalue weighted by molar-refractivity contribution is -0.201. The summed E-state index contributed by atoms with van der Waals surface area (Å²) in [5, 5.41) is 1.39. The molecule has 28 heavy (non-hydrogen) atoms. The number of carbonyl (C=O) groups is 1. The summed E-state index contributed by atoms with van der Waals surface area (Å²) >= 11 is 0. The third-order valence-corrected chi connectivity index (χ3v) is 7.70. The van der Waals surface area contributed by atoms with Gasteiger partial charge in [0.1, 0.15) is 5.78 Å². The first kappa shape index (κ1) is 18.4. The van der Waals surface area contributed by atoms with Gasteiger partial charge in [0.25, 0.3) is 0 Å². The predicted molar refractivity (Wildman–Crippen MR) is 113 cm³/mol. The molecule has 1 aromatic heterocycles. The molecule has 4 nitrogen and oxygen atoms in total. The summed E-state index contributed by atoms with van der Waals surface area (Å²) in [6.45, 7) is 13.7. The lowest BCUT2D eigenvalue weighted by Gasteiger charge is -2.65. The van der Waals surface area contributed by atoms with Crippen LogP contribution in [0.1, 0.15) is 57.5 Å². The van der Waals surface area contributed by atoms with Crippen LogP contribution >= 0.6 is 0 Å². The maximum atomic E-state index is 13.4. The number of nitrogens with zero attached hydrogens (tertiary/aromatic N) is 3. The van der Waals surface area contributed by atoms with Gasteiger partial charge in [-0.05, 0) is 26.3 Å². The monoisotopic (exact) mass is 379 g/mol. The normalized spacial score (nSPS) is 36.6. The van der Waals surface area contributed by atoms with E-state index in [1.807, 2.05) is 0 Å². The molecule has 0 radical (unpaired) electrons. The highest BCUT2D eigenvalue weighted by Gasteiger charge is 2.63. The van der Waals surface area contributed by atoms with Crippen LogP contribution in [0.2, 0.25) is 0 Å². The number of para-hydroxylation sites is 1. The number of rotatable bonds is 5. The number of Topliss-reactive ketones (excluding diaryl/α,β-unsaturated/α-hetero) is 1. The summed E-state index contributed by atoms with van der Waals surface area (Å²) in [7, 11) is 0. The van der Waals surface area contributed by atoms with Crippen molar-refractivity contribution < 1.29 is 4.79 Å². The zero-order valence-corrected chi connectivity index (χ0v) is 17.8. The van der Waals surface area contributed by atoms with Gasteiger partial charge in [0, 0.05) is 54.9 Å². The van der Waals surface area contributed by atoms with Crippen molar-refractivity contribution in [3.8, 4) is 0 Å². The molecule has 4 aliphatic rings. The second-order valence-corrected chi connectivity index (χ2v) is 9.72. The average molecular weight is 380 g/mol. The van der Waals surface area contributed by atoms with Crippen molar-refractivity contribution in [2.75, 3.05) is 26.2 Å². The van der Waals surface area contributed by atoms with E-state index in [9.17, 15) is 4.79 Å². The van der Waals surface area contributed by atoms with Crippen molar-refractivity contribution in [3.05, 3.63) is 35.5 Å². The molecule has 4 saturated heterocycles. The Morgan fingerprint density at radius 2 is 1.75 bits per heavy atom. The molecule has 4 bridgehead atoms. The standard InChI is InChI=1S/C24H33N3O/c1-5-7-12-24-15-25-13-23(4,22(24)28)14-26(16-24)21(25)20-17(3)27(6-2)19-11-9-8-10-18(19)20/h8-11,21H,5-7,12-16H2,1-4H3. The highest BCUT2D eigenvalue weighted by molar-refractivity contribution is 5.93. The van der Waals surface area contributed by atoms with Gasteiger partial charge >= 0.3 is 0 Å². The minimum Gasteiger partial charge on any atom is -0.345 e. The summed E-state index contributed by atoms with van der Waals surface area (Å²) < 4.78 is 2.46. The first-order valence-electron chi connectivity index (χ1n) is 11.0. The lowest BCUT2D eigenvalue weighted by Crippen LogP contribution is -2.76. The molecular formula is C24H33N3O. The summed E-state index contributed by atoms with van der Waals surface area (Å²) in [5.41, 5.74) is 3.86. The molecule has 4 aliphatic heterocycles. The van der Waals surface area contributed by atoms with Gasteiger partial charge < -0.3 is 4.57 Å². The Bertz CT molecular complexity index is 927. The van der Waals surface area contributed by atoms with Crippen LogP contribution in [0, 0.1) is 17.8 Å². The minimum atomic E-state index is -0.197. The van der Waals surface area contributed by atoms with Crippen molar-refractivity contribution in [2.24, 2.45) is 10.8 Å². The Morgan fingerprint density at radius 3 is 2.39 bits per heavy atom. The van der Waals surface area contributed by atoms with Crippen molar-refractivity contribution in [1.29, 1.82) is 0 Å². The van der Waals surface area contributed by atoms with Crippen LogP contribution in [0.3, 0.4) is 0 Å². The smallest absolute Gasteiger partial charge is 0.150 e. The van der Waals surface area contributed by atoms with Gasteiger partial charge in [-0.15, -0.1) is 0 Å². The molecular weight excluding hydrogens is 346 g/mol. The molecule has 1 aromatic carbocycles. The van der Waals surface area contributed by atoms with Crippen LogP contribution in [0.5, 0.6) is 0 Å². The van der Waals surface area contributed by atoms with Crippen LogP contribution in [0.25, 0.3) is 10.9 Å². The molecule has 6 rings (SSSR count). The van der Waals surface area contributed by atoms with Crippen molar-refractivity contribution in [2.45, 2.75) is 59.7 Å². The fourth-order valence-electron chi connectivity index (χ4n) is 6.73. The van der Waals surface area contributed by atoms with Crippen LogP contribution in [-0.4, -0.2) is 46.3 Å². The average Bonchev–Trinajstić information content (AvgIpc) is 2.95. The van der Waals surface area contributed by atoms with Gasteiger partial charge in [-0.25, -0.2) is 0 Å². The number of carbonyl (C=O) groups excluding carboxylic acids is 1. The molecule has 150 valence electrons. The van der Waals surface area contributed by atoms with Gasteiger partial charge in [0.2, 0.25) is 0 Å². The zero-order valence-electron chi connectivity index (χ0n) is 17.8. The van der Waals surface area contributed by atoms with E-state index in [4.69, 9.17) is 0 Å². The number of piperidine rings is 2. The quantitative estimate of drug-likeness (QED) is 0.772. The van der Waals surface area contributed by atoms with E-state index in [0.717, 1.165) is 52.0 Å². The summed E-state index contributed by atoms with van der Waals surface area (Å²) in [5.74, 6) is 0.548. The van der Waals surface area contributed by atoms with Gasteiger partial charge in [-0.2, -0.15) is 0 Å². The molecule has 2 aromatic rings. The van der Waals surface area contributed by atoms with E-state index in [2.05, 4.69) is 66.3 Å². The number of aryl methyl sites for hydroxylation is 1. The van der Waals surface area contributed by atoms with Gasteiger partial charge in [-0.1, -0.05) is 44.9 Å². The number of aromatic nitrogens is 1. The molecule has 0 saturated carbocycles. The Labute approximate surface area is 168 Å². The number of ketones is 1. The fraction of sp³-hybridized carbons (Fsp3) is 0.625. The maximum absolute atomic E-state index is 13.4. The molecule has 5 heterocycles. The maximum Gasteiger partial charge on any atom is 0.150 e. The highest BCUT2D eigenvalue weighted by Crippen LogP contribution is 2.55. The van der Waals surface area contributed by atoms with E-state index >= 15 is 0 Å². The molecule has 0 N–H and O–H groups in total. The number of benzene rings is 1. The Kier molecular flexibility index (Phi) is 4.05. The van der Waals surface area contributed by atoms with Crippen LogP contribution in [-0.2, 0) is 11.3 Å². The first-order chi connectivity index (χ1) is 13.4. The third kappa shape index (κ3) is 2.28. The SMILES string of the molecule is CCCCC12CN3CC(C)(CN(C1)C3c1c(C)n(CC)c3ccccc13)C2=O. The number of hydrogen-bond donors (Lipinski definition) is 0. The second-order valence-electron chi connectivity index (χ2n) is 9.72. The number of hydrogen-bond acceptors (Lipinski definition) is 3. The Morgan fingerprint density at radius 1 is 1.07 bits per heavy atom. The van der Waals surface area contributed by atoms with E-state index in [-0.39, 0.29) is 10.8 Å². The number of unbranched alkanes of at least 4 members (excludes halogenated alkanes) is 1. The van der Waals surface area contributed by atoms with E-state index < -0.39 is 0 Å². The molecule has 0 amide bonds. The van der Waals surface area contributed by atoms with Gasteiger partial charge in [-0.3, -0.25) is 14.6 Å². The summed E-state index contributed by atoms with van der Waals surface area (Å²) in [6.07, 6.45) is 3.68. The topological polar surface area (TPSA) is 28.5 Å². The van der Waals surface area contributed by atoms with Crippen molar-refractivity contribution in [3.63, 3.8) is 0 Å². The van der Waals surface area contributed by atoms with Crippen LogP contribution in [0.15, 0.2) is 24.3 Å². The lowest BCUT2D eigenvalue weighted by atomic mass is 9.59. The summed E-state index contributed by atoms with van der Waals surface area (Å²) in [6, 6.07) is 8.86. The Hall–Kier alpha value is -1.65. The molecule has 4 heteroatoms. The number of fused-ring (bicyclic) bond motifs is 1. The minimum absolute atomic E-state index is 0.144. The van der Waals surface area contributed by atoms with Crippen LogP contribution in [0.4, 0.5) is 0 Å². The van der Waals surface area contributed by atoms with E-state index in [1.165, 1.54) is 22.2 Å². The van der Waals surface area contributed by atoms with Gasteiger partial charge in [0.15, 0.2) is 0 Å². The van der Waals surface area contributed by atoms with Crippen LogP contribution < -0.4 is 0 Å². The second kappa shape index (κ2) is 6.17. The summed E-state index contributed by atoms with van der Waals surface area (Å²) in [4.78, 5) is 18.7. The molecule has 0 aliphatic carbocycles. The molecule has 2 atom stereocenters. The van der Waals surface area contributed by atoms with E-state index in [1.54, 1.807) is 0 Å². The van der Waals surface area contributed by atoms with Crippen molar-refractivity contribution in [1.82, 2.24) is 14.4 Å². The molecule has 4 fully saturated rings. The van der Waals surface area contributed by atoms with Gasteiger partial charge in [0.05, 0.1) is 17.0 Å².